The van der Waals surface area contributed by atoms with Crippen LogP contribution in [0.25, 0.3) is 0 Å². The van der Waals surface area contributed by atoms with Crippen LogP contribution in [0, 0.1) is 11.8 Å². The molecule has 1 amide bonds. The SMILES string of the molecule is CC1CCC(C(=O)NC2CC2F)CC1. The monoisotopic (exact) mass is 199 g/mol. The zero-order chi connectivity index (χ0) is 10.1. The fourth-order valence-electron chi connectivity index (χ4n) is 2.14. The van der Waals surface area contributed by atoms with Crippen LogP contribution in [0.1, 0.15) is 39.0 Å². The molecule has 0 aromatic rings. The van der Waals surface area contributed by atoms with Crippen molar-refractivity contribution in [2.45, 2.75) is 51.2 Å². The first-order chi connectivity index (χ1) is 6.66. The summed E-state index contributed by atoms with van der Waals surface area (Å²) in [6, 6.07) is -0.165. The Kier molecular flexibility index (Phi) is 2.75. The van der Waals surface area contributed by atoms with Crippen LogP contribution >= 0.6 is 0 Å². The molecule has 0 bridgehead atoms. The van der Waals surface area contributed by atoms with Gasteiger partial charge >= 0.3 is 0 Å². The van der Waals surface area contributed by atoms with E-state index < -0.39 is 6.17 Å². The molecule has 0 spiro atoms. The lowest BCUT2D eigenvalue weighted by atomic mass is 9.82. The Morgan fingerprint density at radius 3 is 2.36 bits per heavy atom. The number of rotatable bonds is 2. The van der Waals surface area contributed by atoms with Crippen molar-refractivity contribution in [2.24, 2.45) is 11.8 Å². The van der Waals surface area contributed by atoms with Gasteiger partial charge < -0.3 is 5.32 Å². The largest absolute Gasteiger partial charge is 0.350 e. The summed E-state index contributed by atoms with van der Waals surface area (Å²) in [5, 5.41) is 2.77. The second-order valence-corrected chi connectivity index (χ2v) is 4.82. The molecular formula is C11H18FNO. The van der Waals surface area contributed by atoms with Gasteiger partial charge in [0, 0.05) is 12.3 Å². The lowest BCUT2D eigenvalue weighted by Crippen LogP contribution is -2.35. The van der Waals surface area contributed by atoms with E-state index in [2.05, 4.69) is 12.2 Å². The summed E-state index contributed by atoms with van der Waals surface area (Å²) in [6.07, 6.45) is 3.99. The quantitative estimate of drug-likeness (QED) is 0.724. The highest BCUT2D eigenvalue weighted by Crippen LogP contribution is 2.30. The highest BCUT2D eigenvalue weighted by Gasteiger charge is 2.39. The van der Waals surface area contributed by atoms with Crippen molar-refractivity contribution in [1.29, 1.82) is 0 Å². The fraction of sp³-hybridized carbons (Fsp3) is 0.909. The summed E-state index contributed by atoms with van der Waals surface area (Å²) < 4.78 is 12.6. The summed E-state index contributed by atoms with van der Waals surface area (Å²) in [6.45, 7) is 2.23. The van der Waals surface area contributed by atoms with Crippen LogP contribution in [0.2, 0.25) is 0 Å². The number of alkyl halides is 1. The van der Waals surface area contributed by atoms with Crippen molar-refractivity contribution >= 4 is 5.91 Å². The Morgan fingerprint density at radius 2 is 1.86 bits per heavy atom. The second-order valence-electron chi connectivity index (χ2n) is 4.82. The molecule has 80 valence electrons. The van der Waals surface area contributed by atoms with E-state index in [1.165, 1.54) is 0 Å². The van der Waals surface area contributed by atoms with Crippen molar-refractivity contribution in [2.75, 3.05) is 0 Å². The van der Waals surface area contributed by atoms with E-state index in [0.29, 0.717) is 6.42 Å². The van der Waals surface area contributed by atoms with Crippen molar-refractivity contribution in [1.82, 2.24) is 5.32 Å². The van der Waals surface area contributed by atoms with E-state index in [1.807, 2.05) is 0 Å². The number of halogens is 1. The third kappa shape index (κ3) is 2.25. The summed E-state index contributed by atoms with van der Waals surface area (Å²) >= 11 is 0. The van der Waals surface area contributed by atoms with Gasteiger partial charge in [0.1, 0.15) is 6.17 Å². The van der Waals surface area contributed by atoms with Crippen LogP contribution in [0.15, 0.2) is 0 Å². The van der Waals surface area contributed by atoms with Gasteiger partial charge in [-0.2, -0.15) is 0 Å². The number of amides is 1. The Morgan fingerprint density at radius 1 is 1.29 bits per heavy atom. The molecular weight excluding hydrogens is 181 g/mol. The van der Waals surface area contributed by atoms with Crippen molar-refractivity contribution in [3.05, 3.63) is 0 Å². The standard InChI is InChI=1S/C11H18FNO/c1-7-2-4-8(5-3-7)11(14)13-10-6-9(10)12/h7-10H,2-6H2,1H3,(H,13,14). The Hall–Kier alpha value is -0.600. The van der Waals surface area contributed by atoms with Crippen molar-refractivity contribution < 1.29 is 9.18 Å². The molecule has 2 atom stereocenters. The maximum Gasteiger partial charge on any atom is 0.223 e. The lowest BCUT2D eigenvalue weighted by molar-refractivity contribution is -0.126. The van der Waals surface area contributed by atoms with E-state index in [-0.39, 0.29) is 17.9 Å². The molecule has 2 fully saturated rings. The molecule has 0 aliphatic heterocycles. The van der Waals surface area contributed by atoms with Crippen molar-refractivity contribution in [3.63, 3.8) is 0 Å². The van der Waals surface area contributed by atoms with E-state index in [9.17, 15) is 9.18 Å². The van der Waals surface area contributed by atoms with Gasteiger partial charge in [-0.3, -0.25) is 4.79 Å². The van der Waals surface area contributed by atoms with Crippen LogP contribution in [0.3, 0.4) is 0 Å². The topological polar surface area (TPSA) is 29.1 Å². The normalized spacial score (nSPS) is 41.9. The molecule has 2 aliphatic carbocycles. The molecule has 2 rings (SSSR count). The Bertz CT molecular complexity index is 223. The van der Waals surface area contributed by atoms with Gasteiger partial charge in [-0.05, 0) is 31.6 Å². The molecule has 14 heavy (non-hydrogen) atoms. The number of nitrogens with one attached hydrogen (secondary N) is 1. The van der Waals surface area contributed by atoms with E-state index >= 15 is 0 Å². The molecule has 0 aromatic heterocycles. The van der Waals surface area contributed by atoms with Crippen LogP contribution in [-0.4, -0.2) is 18.1 Å². The highest BCUT2D eigenvalue weighted by atomic mass is 19.1. The Labute approximate surface area is 84.3 Å². The molecule has 0 saturated heterocycles. The van der Waals surface area contributed by atoms with Gasteiger partial charge in [0.2, 0.25) is 5.91 Å². The number of carbonyl (C=O) groups is 1. The zero-order valence-electron chi connectivity index (χ0n) is 8.63. The van der Waals surface area contributed by atoms with Crippen LogP contribution in [-0.2, 0) is 4.79 Å². The number of hydrogen-bond donors (Lipinski definition) is 1. The average molecular weight is 199 g/mol. The van der Waals surface area contributed by atoms with E-state index in [1.54, 1.807) is 0 Å². The van der Waals surface area contributed by atoms with Gasteiger partial charge in [-0.15, -0.1) is 0 Å². The summed E-state index contributed by atoms with van der Waals surface area (Å²) in [5.41, 5.74) is 0. The molecule has 1 N–H and O–H groups in total. The smallest absolute Gasteiger partial charge is 0.223 e. The van der Waals surface area contributed by atoms with E-state index in [0.717, 1.165) is 31.6 Å². The Balaban J connectivity index is 1.74. The predicted molar refractivity (Wildman–Crippen MR) is 52.6 cm³/mol. The minimum atomic E-state index is -0.776. The van der Waals surface area contributed by atoms with Crippen LogP contribution < -0.4 is 5.32 Å². The third-order valence-electron chi connectivity index (χ3n) is 3.43. The summed E-state index contributed by atoms with van der Waals surface area (Å²) in [4.78, 5) is 11.6. The van der Waals surface area contributed by atoms with Gasteiger partial charge in [-0.1, -0.05) is 6.92 Å². The number of hydrogen-bond acceptors (Lipinski definition) is 1. The minimum absolute atomic E-state index is 0.0852. The van der Waals surface area contributed by atoms with Crippen molar-refractivity contribution in [3.8, 4) is 0 Å². The fourth-order valence-corrected chi connectivity index (χ4v) is 2.14. The van der Waals surface area contributed by atoms with Gasteiger partial charge in [0.05, 0.1) is 6.04 Å². The van der Waals surface area contributed by atoms with Gasteiger partial charge in [0.15, 0.2) is 0 Å². The first-order valence-corrected chi connectivity index (χ1v) is 5.61. The van der Waals surface area contributed by atoms with Gasteiger partial charge in [0.25, 0.3) is 0 Å². The maximum absolute atomic E-state index is 12.6. The molecule has 0 radical (unpaired) electrons. The minimum Gasteiger partial charge on any atom is -0.350 e. The van der Waals surface area contributed by atoms with Crippen LogP contribution in [0.4, 0.5) is 4.39 Å². The first kappa shape index (κ1) is 9.94. The molecule has 2 unspecified atom stereocenters. The first-order valence-electron chi connectivity index (χ1n) is 5.61. The summed E-state index contributed by atoms with van der Waals surface area (Å²) in [7, 11) is 0. The van der Waals surface area contributed by atoms with Crippen LogP contribution in [0.5, 0.6) is 0 Å². The highest BCUT2D eigenvalue weighted by molar-refractivity contribution is 5.79. The number of carbonyl (C=O) groups excluding carboxylic acids is 1. The maximum atomic E-state index is 12.6. The molecule has 0 heterocycles. The molecule has 2 aliphatic rings. The molecule has 0 aromatic carbocycles. The predicted octanol–water partition coefficient (Wildman–Crippen LogP) is 2.04. The third-order valence-corrected chi connectivity index (χ3v) is 3.43. The summed E-state index contributed by atoms with van der Waals surface area (Å²) in [5.74, 6) is 0.995. The molecule has 3 heteroatoms. The van der Waals surface area contributed by atoms with E-state index in [4.69, 9.17) is 0 Å². The second kappa shape index (κ2) is 3.87. The lowest BCUT2D eigenvalue weighted by Gasteiger charge is -2.25. The van der Waals surface area contributed by atoms with Gasteiger partial charge in [-0.25, -0.2) is 4.39 Å². The zero-order valence-corrected chi connectivity index (χ0v) is 8.63. The molecule has 2 nitrogen and oxygen atoms in total. The average Bonchev–Trinajstić information content (AvgIpc) is 2.82. The molecule has 2 saturated carbocycles.